The van der Waals surface area contributed by atoms with E-state index in [0.29, 0.717) is 12.5 Å². The summed E-state index contributed by atoms with van der Waals surface area (Å²) in [6.45, 7) is 5.55. The van der Waals surface area contributed by atoms with Gasteiger partial charge >= 0.3 is 0 Å². The van der Waals surface area contributed by atoms with Crippen molar-refractivity contribution in [3.8, 4) is 0 Å². The molecule has 0 fully saturated rings. The van der Waals surface area contributed by atoms with Gasteiger partial charge in [0.25, 0.3) is 0 Å². The van der Waals surface area contributed by atoms with Gasteiger partial charge in [0, 0.05) is 12.7 Å². The maximum Gasteiger partial charge on any atom is 0.0852 e. The van der Waals surface area contributed by atoms with Gasteiger partial charge in [-0.3, -0.25) is 4.68 Å². The molecule has 0 unspecified atom stereocenters. The van der Waals surface area contributed by atoms with Gasteiger partial charge in [-0.05, 0) is 5.92 Å². The van der Waals surface area contributed by atoms with Gasteiger partial charge in [-0.2, -0.15) is 0 Å². The zero-order valence-corrected chi connectivity index (χ0v) is 6.99. The average molecular weight is 154 g/mol. The smallest absolute Gasteiger partial charge is 0.0852 e. The lowest BCUT2D eigenvalue weighted by molar-refractivity contribution is 0.598. The molecule has 0 saturated carbocycles. The first-order valence-electron chi connectivity index (χ1n) is 3.84. The van der Waals surface area contributed by atoms with E-state index in [2.05, 4.69) is 24.2 Å². The third-order valence-corrected chi connectivity index (χ3v) is 1.51. The molecule has 0 amide bonds. The van der Waals surface area contributed by atoms with Crippen LogP contribution in [0.5, 0.6) is 0 Å². The van der Waals surface area contributed by atoms with Gasteiger partial charge < -0.3 is 5.73 Å². The summed E-state index contributed by atoms with van der Waals surface area (Å²) in [7, 11) is 0. The van der Waals surface area contributed by atoms with Gasteiger partial charge in [-0.1, -0.05) is 19.1 Å². The molecule has 4 heteroatoms. The second-order valence-electron chi connectivity index (χ2n) is 2.85. The Balaban J connectivity index is 2.66. The Morgan fingerprint density at radius 3 is 2.82 bits per heavy atom. The second-order valence-corrected chi connectivity index (χ2v) is 2.85. The molecule has 0 aliphatic heterocycles. The summed E-state index contributed by atoms with van der Waals surface area (Å²) >= 11 is 0. The van der Waals surface area contributed by atoms with Crippen LogP contribution in [-0.2, 0) is 6.54 Å². The van der Waals surface area contributed by atoms with E-state index in [4.69, 9.17) is 5.73 Å². The van der Waals surface area contributed by atoms with Crippen LogP contribution in [0.1, 0.15) is 25.5 Å². The Hall–Kier alpha value is -0.900. The second kappa shape index (κ2) is 3.48. The Morgan fingerprint density at radius 2 is 2.36 bits per heavy atom. The van der Waals surface area contributed by atoms with Crippen molar-refractivity contribution in [1.82, 2.24) is 15.0 Å². The predicted octanol–water partition coefficient (Wildman–Crippen LogP) is 0.360. The first-order chi connectivity index (χ1) is 5.24. The molecule has 62 valence electrons. The molecule has 0 bridgehead atoms. The maximum absolute atomic E-state index is 5.36. The molecule has 0 radical (unpaired) electrons. The van der Waals surface area contributed by atoms with Crippen molar-refractivity contribution in [1.29, 1.82) is 0 Å². The fraction of sp³-hybridized carbons (Fsp3) is 0.714. The number of hydrogen-bond donors (Lipinski definition) is 1. The highest BCUT2D eigenvalue weighted by Crippen LogP contribution is 2.08. The molecule has 4 nitrogen and oxygen atoms in total. The Labute approximate surface area is 66.4 Å². The minimum absolute atomic E-state index is 0.446. The summed E-state index contributed by atoms with van der Waals surface area (Å²) in [4.78, 5) is 0. The van der Waals surface area contributed by atoms with Crippen LogP contribution in [0.2, 0.25) is 0 Å². The Kier molecular flexibility index (Phi) is 2.59. The Morgan fingerprint density at radius 1 is 1.64 bits per heavy atom. The molecular weight excluding hydrogens is 140 g/mol. The van der Waals surface area contributed by atoms with Crippen molar-refractivity contribution in [3.05, 3.63) is 11.9 Å². The molecule has 2 N–H and O–H groups in total. The van der Waals surface area contributed by atoms with Gasteiger partial charge in [0.05, 0.1) is 12.2 Å². The molecule has 0 aliphatic rings. The molecule has 1 aromatic heterocycles. The van der Waals surface area contributed by atoms with Crippen molar-refractivity contribution in [2.75, 3.05) is 6.54 Å². The van der Waals surface area contributed by atoms with Crippen LogP contribution in [0.3, 0.4) is 0 Å². The summed E-state index contributed by atoms with van der Waals surface area (Å²) in [6.07, 6.45) is 1.94. The standard InChI is InChI=1S/C7H14N4/c1-6(2)7-5-11(4-3-8)10-9-7/h5-6H,3-4,8H2,1-2H3. The van der Waals surface area contributed by atoms with Crippen molar-refractivity contribution >= 4 is 0 Å². The van der Waals surface area contributed by atoms with Crippen LogP contribution in [0.25, 0.3) is 0 Å². The normalized spacial score (nSPS) is 10.9. The predicted molar refractivity (Wildman–Crippen MR) is 43.2 cm³/mol. The van der Waals surface area contributed by atoms with Crippen molar-refractivity contribution in [2.45, 2.75) is 26.3 Å². The molecule has 0 atom stereocenters. The fourth-order valence-corrected chi connectivity index (χ4v) is 0.819. The van der Waals surface area contributed by atoms with Gasteiger partial charge in [0.2, 0.25) is 0 Å². The number of rotatable bonds is 3. The Bertz CT molecular complexity index is 216. The zero-order chi connectivity index (χ0) is 8.27. The van der Waals surface area contributed by atoms with E-state index in [-0.39, 0.29) is 0 Å². The lowest BCUT2D eigenvalue weighted by Gasteiger charge is -1.95. The van der Waals surface area contributed by atoms with Gasteiger partial charge in [-0.15, -0.1) is 5.10 Å². The largest absolute Gasteiger partial charge is 0.329 e. The van der Waals surface area contributed by atoms with Crippen molar-refractivity contribution < 1.29 is 0 Å². The molecule has 0 spiro atoms. The van der Waals surface area contributed by atoms with Crippen LogP contribution in [-0.4, -0.2) is 21.5 Å². The number of hydrogen-bond acceptors (Lipinski definition) is 3. The SMILES string of the molecule is CC(C)c1cn(CCN)nn1. The summed E-state index contributed by atoms with van der Waals surface area (Å²) in [6, 6.07) is 0. The number of nitrogens with two attached hydrogens (primary N) is 1. The molecule has 11 heavy (non-hydrogen) atoms. The van der Waals surface area contributed by atoms with E-state index in [1.807, 2.05) is 6.20 Å². The fourth-order valence-electron chi connectivity index (χ4n) is 0.819. The molecule has 1 rings (SSSR count). The lowest BCUT2D eigenvalue weighted by Crippen LogP contribution is -2.10. The monoisotopic (exact) mass is 154 g/mol. The summed E-state index contributed by atoms with van der Waals surface area (Å²) in [5.74, 6) is 0.446. The van der Waals surface area contributed by atoms with Crippen molar-refractivity contribution in [3.63, 3.8) is 0 Å². The van der Waals surface area contributed by atoms with Crippen molar-refractivity contribution in [2.24, 2.45) is 5.73 Å². The lowest BCUT2D eigenvalue weighted by atomic mass is 10.2. The van der Waals surface area contributed by atoms with Gasteiger partial charge in [-0.25, -0.2) is 0 Å². The highest BCUT2D eigenvalue weighted by molar-refractivity contribution is 4.97. The molecule has 1 heterocycles. The third-order valence-electron chi connectivity index (χ3n) is 1.51. The summed E-state index contributed by atoms with van der Waals surface area (Å²) in [5.41, 5.74) is 6.38. The van der Waals surface area contributed by atoms with Crippen LogP contribution < -0.4 is 5.73 Å². The minimum atomic E-state index is 0.446. The highest BCUT2D eigenvalue weighted by atomic mass is 15.4. The molecule has 1 aromatic rings. The quantitative estimate of drug-likeness (QED) is 0.684. The van der Waals surface area contributed by atoms with E-state index >= 15 is 0 Å². The van der Waals surface area contributed by atoms with Gasteiger partial charge in [0.1, 0.15) is 0 Å². The average Bonchev–Trinajstić information content (AvgIpc) is 2.37. The van der Waals surface area contributed by atoms with E-state index in [0.717, 1.165) is 12.2 Å². The minimum Gasteiger partial charge on any atom is -0.329 e. The topological polar surface area (TPSA) is 56.7 Å². The maximum atomic E-state index is 5.36. The van der Waals surface area contributed by atoms with E-state index < -0.39 is 0 Å². The molecule has 0 saturated heterocycles. The zero-order valence-electron chi connectivity index (χ0n) is 6.99. The first-order valence-corrected chi connectivity index (χ1v) is 3.84. The number of nitrogens with zero attached hydrogens (tertiary/aromatic N) is 3. The van der Waals surface area contributed by atoms with Crippen LogP contribution in [0.4, 0.5) is 0 Å². The van der Waals surface area contributed by atoms with E-state index in [1.54, 1.807) is 4.68 Å². The van der Waals surface area contributed by atoms with E-state index in [9.17, 15) is 0 Å². The first kappa shape index (κ1) is 8.20. The summed E-state index contributed by atoms with van der Waals surface area (Å²) in [5, 5.41) is 7.91. The van der Waals surface area contributed by atoms with E-state index in [1.165, 1.54) is 0 Å². The number of aromatic nitrogens is 3. The van der Waals surface area contributed by atoms with Crippen LogP contribution in [0, 0.1) is 0 Å². The summed E-state index contributed by atoms with van der Waals surface area (Å²) < 4.78 is 1.77. The molecular formula is C7H14N4. The van der Waals surface area contributed by atoms with Crippen LogP contribution in [0.15, 0.2) is 6.20 Å². The van der Waals surface area contributed by atoms with Gasteiger partial charge in [0.15, 0.2) is 0 Å². The molecule has 0 aliphatic carbocycles. The third kappa shape index (κ3) is 2.01. The highest BCUT2D eigenvalue weighted by Gasteiger charge is 2.03. The van der Waals surface area contributed by atoms with Crippen LogP contribution >= 0.6 is 0 Å². The molecule has 0 aromatic carbocycles.